The number of carbonyl (C=O) groups excluding carboxylic acids is 1. The number of hydrogen-bond acceptors (Lipinski definition) is 4. The van der Waals surface area contributed by atoms with Crippen molar-refractivity contribution in [1.82, 2.24) is 19.3 Å². The molecule has 0 saturated carbocycles. The molecule has 1 aliphatic rings. The van der Waals surface area contributed by atoms with Gasteiger partial charge in [-0.25, -0.2) is 14.8 Å². The standard InChI is InChI=1S/C18H20BrClN4O2/c1-3-6-12(4-2)11-26-18(25)23-9-5-7-13(23)17-22-15(19)14-16(20)21-8-10-24(14)17/h3-4,6,8,10,13H,5,7,9,11H2,1-2H3/b6-3-,12-4+. The highest BCUT2D eigenvalue weighted by Crippen LogP contribution is 2.35. The highest BCUT2D eigenvalue weighted by atomic mass is 79.9. The third kappa shape index (κ3) is 3.64. The van der Waals surface area contributed by atoms with Gasteiger partial charge in [0.1, 0.15) is 22.6 Å². The number of likely N-dealkylation sites (tertiary alicyclic amines) is 1. The van der Waals surface area contributed by atoms with Gasteiger partial charge in [0.2, 0.25) is 0 Å². The first-order valence-electron chi connectivity index (χ1n) is 8.46. The van der Waals surface area contributed by atoms with Crippen molar-refractivity contribution in [3.05, 3.63) is 51.8 Å². The van der Waals surface area contributed by atoms with Crippen LogP contribution in [0.15, 0.2) is 40.8 Å². The molecule has 0 aromatic carbocycles. The molecule has 1 aliphatic heterocycles. The Balaban J connectivity index is 1.83. The summed E-state index contributed by atoms with van der Waals surface area (Å²) in [6, 6.07) is -0.157. The maximum atomic E-state index is 12.6. The lowest BCUT2D eigenvalue weighted by molar-refractivity contribution is 0.105. The van der Waals surface area contributed by atoms with Crippen LogP contribution in [0.4, 0.5) is 4.79 Å². The fourth-order valence-corrected chi connectivity index (χ4v) is 4.05. The van der Waals surface area contributed by atoms with Gasteiger partial charge in [0.25, 0.3) is 0 Å². The van der Waals surface area contributed by atoms with Gasteiger partial charge in [0.05, 0.1) is 6.04 Å². The second kappa shape index (κ2) is 8.22. The van der Waals surface area contributed by atoms with Gasteiger partial charge in [0, 0.05) is 18.9 Å². The van der Waals surface area contributed by atoms with E-state index in [4.69, 9.17) is 16.3 Å². The molecule has 6 nitrogen and oxygen atoms in total. The second-order valence-corrected chi connectivity index (χ2v) is 7.08. The first-order chi connectivity index (χ1) is 12.6. The van der Waals surface area contributed by atoms with Crippen molar-refractivity contribution < 1.29 is 9.53 Å². The van der Waals surface area contributed by atoms with Crippen molar-refractivity contribution in [3.63, 3.8) is 0 Å². The molecule has 0 N–H and O–H groups in total. The fourth-order valence-electron chi connectivity index (χ4n) is 3.14. The van der Waals surface area contributed by atoms with Gasteiger partial charge < -0.3 is 4.74 Å². The molecule has 1 unspecified atom stereocenters. The van der Waals surface area contributed by atoms with Crippen molar-refractivity contribution in [2.75, 3.05) is 13.2 Å². The monoisotopic (exact) mass is 438 g/mol. The first kappa shape index (κ1) is 18.9. The largest absolute Gasteiger partial charge is 0.445 e. The fraction of sp³-hybridized carbons (Fsp3) is 0.389. The van der Waals surface area contributed by atoms with E-state index in [0.717, 1.165) is 24.2 Å². The molecule has 1 saturated heterocycles. The Bertz CT molecular complexity index is 877. The number of carbonyl (C=O) groups is 1. The molecule has 0 bridgehead atoms. The van der Waals surface area contributed by atoms with Crippen LogP contribution in [-0.2, 0) is 4.74 Å². The highest BCUT2D eigenvalue weighted by Gasteiger charge is 2.34. The summed E-state index contributed by atoms with van der Waals surface area (Å²) < 4.78 is 8.01. The topological polar surface area (TPSA) is 59.7 Å². The van der Waals surface area contributed by atoms with E-state index in [1.54, 1.807) is 17.3 Å². The van der Waals surface area contributed by atoms with Crippen molar-refractivity contribution in [1.29, 1.82) is 0 Å². The molecular weight excluding hydrogens is 420 g/mol. The van der Waals surface area contributed by atoms with Crippen LogP contribution < -0.4 is 0 Å². The van der Waals surface area contributed by atoms with Crippen molar-refractivity contribution in [2.24, 2.45) is 0 Å². The predicted octanol–water partition coefficient (Wildman–Crippen LogP) is 4.94. The molecule has 138 valence electrons. The summed E-state index contributed by atoms with van der Waals surface area (Å²) in [5.41, 5.74) is 1.66. The summed E-state index contributed by atoms with van der Waals surface area (Å²) in [6.07, 6.45) is 10.6. The second-order valence-electron chi connectivity index (χ2n) is 5.97. The number of imidazole rings is 1. The SMILES string of the molecule is C/C=C\C(=C/C)COC(=O)N1CCCC1c1nc(Br)c2c(Cl)nccn12. The van der Waals surface area contributed by atoms with E-state index in [1.807, 2.05) is 36.5 Å². The molecule has 1 atom stereocenters. The third-order valence-corrected chi connectivity index (χ3v) is 5.22. The average Bonchev–Trinajstić information content (AvgIpc) is 3.23. The van der Waals surface area contributed by atoms with E-state index in [9.17, 15) is 4.79 Å². The molecule has 3 heterocycles. The van der Waals surface area contributed by atoms with E-state index in [0.29, 0.717) is 21.8 Å². The molecule has 3 rings (SSSR count). The summed E-state index contributed by atoms with van der Waals surface area (Å²) in [5, 5.41) is 0.370. The van der Waals surface area contributed by atoms with Crippen LogP contribution >= 0.6 is 27.5 Å². The molecule has 0 aliphatic carbocycles. The number of hydrogen-bond donors (Lipinski definition) is 0. The van der Waals surface area contributed by atoms with E-state index in [2.05, 4.69) is 25.9 Å². The third-order valence-electron chi connectivity index (χ3n) is 4.39. The summed E-state index contributed by atoms with van der Waals surface area (Å²) in [4.78, 5) is 23.0. The zero-order valence-electron chi connectivity index (χ0n) is 14.7. The smallest absolute Gasteiger partial charge is 0.410 e. The molecule has 2 aromatic rings. The lowest BCUT2D eigenvalue weighted by atomic mass is 10.2. The van der Waals surface area contributed by atoms with Crippen LogP contribution in [0.3, 0.4) is 0 Å². The van der Waals surface area contributed by atoms with Crippen LogP contribution in [-0.4, -0.2) is 38.5 Å². The van der Waals surface area contributed by atoms with Gasteiger partial charge in [-0.1, -0.05) is 29.8 Å². The molecule has 1 amide bonds. The summed E-state index contributed by atoms with van der Waals surface area (Å²) in [6.45, 7) is 4.76. The Hall–Kier alpha value is -1.86. The van der Waals surface area contributed by atoms with E-state index >= 15 is 0 Å². The predicted molar refractivity (Wildman–Crippen MR) is 104 cm³/mol. The van der Waals surface area contributed by atoms with Gasteiger partial charge in [-0.05, 0) is 48.2 Å². The van der Waals surface area contributed by atoms with E-state index in [-0.39, 0.29) is 18.7 Å². The lowest BCUT2D eigenvalue weighted by Gasteiger charge is -2.23. The molecule has 0 radical (unpaired) electrons. The molecule has 26 heavy (non-hydrogen) atoms. The Morgan fingerprint density at radius 3 is 3.04 bits per heavy atom. The van der Waals surface area contributed by atoms with E-state index in [1.165, 1.54) is 0 Å². The number of ether oxygens (including phenoxy) is 1. The zero-order chi connectivity index (χ0) is 18.7. The van der Waals surface area contributed by atoms with Gasteiger partial charge in [-0.2, -0.15) is 0 Å². The molecule has 8 heteroatoms. The average molecular weight is 440 g/mol. The Labute approximate surface area is 165 Å². The highest BCUT2D eigenvalue weighted by molar-refractivity contribution is 9.10. The molecule has 0 spiro atoms. The lowest BCUT2D eigenvalue weighted by Crippen LogP contribution is -2.32. The van der Waals surface area contributed by atoms with Crippen LogP contribution in [0, 0.1) is 0 Å². The molecular formula is C18H20BrClN4O2. The minimum absolute atomic E-state index is 0.157. The maximum Gasteiger partial charge on any atom is 0.410 e. The summed E-state index contributed by atoms with van der Waals surface area (Å²) >= 11 is 9.63. The number of allylic oxidation sites excluding steroid dienone is 2. The molecule has 2 aromatic heterocycles. The van der Waals surface area contributed by atoms with Crippen molar-refractivity contribution in [2.45, 2.75) is 32.7 Å². The zero-order valence-corrected chi connectivity index (χ0v) is 17.0. The molecule has 1 fully saturated rings. The number of aromatic nitrogens is 3. The van der Waals surface area contributed by atoms with Crippen molar-refractivity contribution in [3.8, 4) is 0 Å². The number of rotatable bonds is 4. The number of amides is 1. The Morgan fingerprint density at radius 1 is 1.50 bits per heavy atom. The Morgan fingerprint density at radius 2 is 2.31 bits per heavy atom. The first-order valence-corrected chi connectivity index (χ1v) is 9.63. The van der Waals surface area contributed by atoms with Crippen LogP contribution in [0.1, 0.15) is 38.6 Å². The van der Waals surface area contributed by atoms with Gasteiger partial charge >= 0.3 is 6.09 Å². The number of nitrogens with zero attached hydrogens (tertiary/aromatic N) is 4. The van der Waals surface area contributed by atoms with Gasteiger partial charge in [-0.15, -0.1) is 0 Å². The Kier molecular flexibility index (Phi) is 5.98. The van der Waals surface area contributed by atoms with Crippen LogP contribution in [0.5, 0.6) is 0 Å². The number of fused-ring (bicyclic) bond motifs is 1. The van der Waals surface area contributed by atoms with E-state index < -0.39 is 0 Å². The van der Waals surface area contributed by atoms with Gasteiger partial charge in [-0.3, -0.25) is 9.30 Å². The summed E-state index contributed by atoms with van der Waals surface area (Å²) in [7, 11) is 0. The van der Waals surface area contributed by atoms with Gasteiger partial charge in [0.15, 0.2) is 5.15 Å². The van der Waals surface area contributed by atoms with Crippen LogP contribution in [0.25, 0.3) is 5.52 Å². The normalized spacial score (nSPS) is 18.2. The minimum Gasteiger partial charge on any atom is -0.445 e. The summed E-state index contributed by atoms with van der Waals surface area (Å²) in [5.74, 6) is 0.755. The number of halogens is 2. The quantitative estimate of drug-likeness (QED) is 0.633. The van der Waals surface area contributed by atoms with Crippen LogP contribution in [0.2, 0.25) is 5.15 Å². The maximum absolute atomic E-state index is 12.6. The minimum atomic E-state index is -0.329. The van der Waals surface area contributed by atoms with Crippen molar-refractivity contribution >= 4 is 39.1 Å².